The lowest BCUT2D eigenvalue weighted by Gasteiger charge is -2.17. The van der Waals surface area contributed by atoms with Crippen molar-refractivity contribution in [3.8, 4) is 0 Å². The van der Waals surface area contributed by atoms with Crippen LogP contribution in [0.4, 0.5) is 5.69 Å². The Morgan fingerprint density at radius 2 is 1.63 bits per heavy atom. The van der Waals surface area contributed by atoms with Crippen LogP contribution >= 0.6 is 0 Å². The molecule has 0 aliphatic rings. The summed E-state index contributed by atoms with van der Waals surface area (Å²) in [6.07, 6.45) is 4.07. The van der Waals surface area contributed by atoms with E-state index >= 15 is 0 Å². The lowest BCUT2D eigenvalue weighted by molar-refractivity contribution is 0.102. The van der Waals surface area contributed by atoms with Crippen molar-refractivity contribution in [2.45, 2.75) is 58.9 Å². The molecule has 4 rings (SSSR count). The highest BCUT2D eigenvalue weighted by molar-refractivity contribution is 7.79. The summed E-state index contributed by atoms with van der Waals surface area (Å²) in [7, 11) is -2.50. The van der Waals surface area contributed by atoms with E-state index in [1.165, 1.54) is 16.7 Å². The number of carbonyl (C=O) groups excluding carboxylic acids is 1. The van der Waals surface area contributed by atoms with Gasteiger partial charge in [0.05, 0.1) is 0 Å². The Labute approximate surface area is 243 Å². The van der Waals surface area contributed by atoms with E-state index in [0.717, 1.165) is 61.2 Å². The average molecular weight is 581 g/mol. The van der Waals surface area contributed by atoms with Crippen molar-refractivity contribution >= 4 is 33.0 Å². The summed E-state index contributed by atoms with van der Waals surface area (Å²) in [6.45, 7) is 8.36. The molecular weight excluding hydrogens is 540 g/mol. The Bertz CT molecular complexity index is 1510. The molecule has 8 nitrogen and oxygen atoms in total. The highest BCUT2D eigenvalue weighted by Gasteiger charge is 2.16. The number of hydrogen-bond acceptors (Lipinski definition) is 5. The average Bonchev–Trinajstić information content (AvgIpc) is 3.27. The van der Waals surface area contributed by atoms with Gasteiger partial charge in [0.1, 0.15) is 11.3 Å². The second-order valence-electron chi connectivity index (χ2n) is 10.5. The molecule has 1 heterocycles. The number of benzene rings is 3. The van der Waals surface area contributed by atoms with Crippen LogP contribution in [0, 0.1) is 0 Å². The van der Waals surface area contributed by atoms with E-state index < -0.39 is 10.4 Å². The highest BCUT2D eigenvalue weighted by Crippen LogP contribution is 2.31. The number of nitrogens with one attached hydrogen (secondary N) is 1. The van der Waals surface area contributed by atoms with Gasteiger partial charge >= 0.3 is 10.4 Å². The molecule has 1 aromatic heterocycles. The number of anilines is 1. The van der Waals surface area contributed by atoms with Crippen molar-refractivity contribution in [2.75, 3.05) is 18.9 Å². The topological polar surface area (TPSA) is 120 Å². The van der Waals surface area contributed by atoms with Gasteiger partial charge in [-0.15, -0.1) is 0 Å². The number of carbonyl (C=O) groups is 1. The van der Waals surface area contributed by atoms with Gasteiger partial charge in [-0.05, 0) is 67.3 Å². The quantitative estimate of drug-likeness (QED) is 0.161. The van der Waals surface area contributed by atoms with Crippen molar-refractivity contribution in [3.05, 3.63) is 101 Å². The maximum atomic E-state index is 12.9. The lowest BCUT2D eigenvalue weighted by atomic mass is 10.0. The Kier molecular flexibility index (Phi) is 11.7. The predicted octanol–water partition coefficient (Wildman–Crippen LogP) is 7.17. The summed E-state index contributed by atoms with van der Waals surface area (Å²) in [5, 5.41) is 4.18. The molecule has 0 spiro atoms. The summed E-state index contributed by atoms with van der Waals surface area (Å²) >= 11 is 0. The molecule has 0 saturated heterocycles. The first kappa shape index (κ1) is 32.0. The Morgan fingerprint density at radius 3 is 2.24 bits per heavy atom. The van der Waals surface area contributed by atoms with Crippen molar-refractivity contribution in [3.63, 3.8) is 0 Å². The third-order valence-electron chi connectivity index (χ3n) is 6.77. The van der Waals surface area contributed by atoms with Crippen LogP contribution in [0.1, 0.15) is 72.3 Å². The number of unbranched alkanes of at least 4 members (excludes halogenated alkanes) is 1. The predicted molar refractivity (Wildman–Crippen MR) is 164 cm³/mol. The van der Waals surface area contributed by atoms with Crippen LogP contribution in [0.2, 0.25) is 0 Å². The van der Waals surface area contributed by atoms with Gasteiger partial charge in [-0.3, -0.25) is 13.9 Å². The van der Waals surface area contributed by atoms with Crippen LogP contribution in [-0.2, 0) is 29.8 Å². The Balaban J connectivity index is 0.000000850. The second-order valence-corrected chi connectivity index (χ2v) is 11.4. The summed E-state index contributed by atoms with van der Waals surface area (Å²) in [6, 6.07) is 24.4. The zero-order chi connectivity index (χ0) is 30.0. The SMILES string of the molecule is CCCCc1oc2ccc(NC(=O)c3ccc(C(C)C)cc3)cc2c1CCN(C)Cc1ccccc1.O=S(=O)(O)O. The highest BCUT2D eigenvalue weighted by atomic mass is 32.3. The van der Waals surface area contributed by atoms with E-state index in [4.69, 9.17) is 21.9 Å². The first-order valence-electron chi connectivity index (χ1n) is 13.8. The molecule has 220 valence electrons. The number of furan rings is 1. The molecule has 0 unspecified atom stereocenters. The van der Waals surface area contributed by atoms with E-state index in [1.54, 1.807) is 0 Å². The lowest BCUT2D eigenvalue weighted by Crippen LogP contribution is -2.21. The van der Waals surface area contributed by atoms with E-state index in [1.807, 2.05) is 36.4 Å². The third-order valence-corrected chi connectivity index (χ3v) is 6.77. The molecule has 0 radical (unpaired) electrons. The van der Waals surface area contributed by atoms with Crippen molar-refractivity contribution in [1.82, 2.24) is 4.90 Å². The molecule has 41 heavy (non-hydrogen) atoms. The van der Waals surface area contributed by atoms with Crippen LogP contribution < -0.4 is 5.32 Å². The van der Waals surface area contributed by atoms with Crippen molar-refractivity contribution in [1.29, 1.82) is 0 Å². The van der Waals surface area contributed by atoms with Crippen LogP contribution in [-0.4, -0.2) is 41.9 Å². The minimum atomic E-state index is -4.67. The van der Waals surface area contributed by atoms with Crippen LogP contribution in [0.15, 0.2) is 77.2 Å². The molecule has 0 aliphatic heterocycles. The second kappa shape index (κ2) is 14.9. The fraction of sp³-hybridized carbons (Fsp3) is 0.344. The van der Waals surface area contributed by atoms with Crippen LogP contribution in [0.25, 0.3) is 11.0 Å². The molecule has 0 bridgehead atoms. The van der Waals surface area contributed by atoms with Gasteiger partial charge in [0, 0.05) is 41.7 Å². The van der Waals surface area contributed by atoms with Gasteiger partial charge in [-0.2, -0.15) is 8.42 Å². The Hall–Kier alpha value is -3.50. The maximum Gasteiger partial charge on any atom is 0.394 e. The molecule has 9 heteroatoms. The summed E-state index contributed by atoms with van der Waals surface area (Å²) in [5.41, 5.74) is 6.15. The minimum absolute atomic E-state index is 0.0940. The molecule has 4 aromatic rings. The van der Waals surface area contributed by atoms with Gasteiger partial charge in [0.15, 0.2) is 0 Å². The van der Waals surface area contributed by atoms with Gasteiger partial charge in [0.25, 0.3) is 5.91 Å². The van der Waals surface area contributed by atoms with Gasteiger partial charge < -0.3 is 14.6 Å². The molecule has 3 aromatic carbocycles. The van der Waals surface area contributed by atoms with Crippen LogP contribution in [0.3, 0.4) is 0 Å². The normalized spacial score (nSPS) is 11.5. The van der Waals surface area contributed by atoms with E-state index in [2.05, 4.69) is 74.4 Å². The molecule has 3 N–H and O–H groups in total. The number of amides is 1. The molecule has 0 atom stereocenters. The van der Waals surface area contributed by atoms with Gasteiger partial charge in [-0.25, -0.2) is 0 Å². The first-order chi connectivity index (χ1) is 19.4. The third kappa shape index (κ3) is 10.4. The molecule has 0 fully saturated rings. The van der Waals surface area contributed by atoms with E-state index in [9.17, 15) is 4.79 Å². The number of aryl methyl sites for hydroxylation is 1. The standard InChI is InChI=1S/C32H38N2O2.H2O4S/c1-5-6-12-30-28(19-20-34(4)22-24-10-8-7-9-11-24)29-21-27(17-18-31(29)36-30)33-32(35)26-15-13-25(14-16-26)23(2)3;1-5(2,3)4/h7-11,13-18,21,23H,5-6,12,19-20,22H2,1-4H3,(H,33,35);(H2,1,2,3,4). The largest absolute Gasteiger partial charge is 0.461 e. The fourth-order valence-electron chi connectivity index (χ4n) is 4.59. The van der Waals surface area contributed by atoms with E-state index in [0.29, 0.717) is 11.5 Å². The first-order valence-corrected chi connectivity index (χ1v) is 15.2. The molecule has 0 saturated carbocycles. The Morgan fingerprint density at radius 1 is 0.976 bits per heavy atom. The van der Waals surface area contributed by atoms with Crippen molar-refractivity contribution < 1.29 is 26.7 Å². The smallest absolute Gasteiger partial charge is 0.394 e. The van der Waals surface area contributed by atoms with E-state index in [-0.39, 0.29) is 5.91 Å². The number of hydrogen-bond donors (Lipinski definition) is 3. The number of fused-ring (bicyclic) bond motifs is 1. The van der Waals surface area contributed by atoms with Crippen molar-refractivity contribution in [2.24, 2.45) is 0 Å². The zero-order valence-electron chi connectivity index (χ0n) is 24.1. The number of nitrogens with zero attached hydrogens (tertiary/aromatic N) is 1. The number of likely N-dealkylation sites (N-methyl/N-ethyl adjacent to an activating group) is 1. The zero-order valence-corrected chi connectivity index (χ0v) is 24.9. The molecule has 0 aliphatic carbocycles. The van der Waals surface area contributed by atoms with Crippen LogP contribution in [0.5, 0.6) is 0 Å². The summed E-state index contributed by atoms with van der Waals surface area (Å²) < 4.78 is 37.9. The number of rotatable bonds is 11. The monoisotopic (exact) mass is 580 g/mol. The molecular formula is C32H40N2O6S. The minimum Gasteiger partial charge on any atom is -0.461 e. The van der Waals surface area contributed by atoms with Gasteiger partial charge in [0.2, 0.25) is 0 Å². The molecule has 1 amide bonds. The van der Waals surface area contributed by atoms with Gasteiger partial charge in [-0.1, -0.05) is 69.7 Å². The fourth-order valence-corrected chi connectivity index (χ4v) is 4.59. The summed E-state index contributed by atoms with van der Waals surface area (Å²) in [5.74, 6) is 1.42. The summed E-state index contributed by atoms with van der Waals surface area (Å²) in [4.78, 5) is 15.3. The maximum absolute atomic E-state index is 12.9.